The first-order valence-corrected chi connectivity index (χ1v) is 5.61. The Hall–Kier alpha value is -1.15. The van der Waals surface area contributed by atoms with E-state index in [1.807, 2.05) is 39.0 Å². The Morgan fingerprint density at radius 2 is 1.69 bits per heavy atom. The van der Waals surface area contributed by atoms with Crippen molar-refractivity contribution in [3.05, 3.63) is 35.9 Å². The van der Waals surface area contributed by atoms with Crippen LogP contribution in [0.1, 0.15) is 38.1 Å². The van der Waals surface area contributed by atoms with Crippen LogP contribution in [0.2, 0.25) is 0 Å². The number of hydrogen-bond acceptors (Lipinski definition) is 2. The van der Waals surface area contributed by atoms with Gasteiger partial charge in [0.1, 0.15) is 0 Å². The SMILES string of the molecule is C[C@H](C(=O)c1ccccc1)[C@H](O)C(C)(C)C. The fourth-order valence-electron chi connectivity index (χ4n) is 1.76. The first-order chi connectivity index (χ1) is 7.34. The predicted molar refractivity (Wildman–Crippen MR) is 65.4 cm³/mol. The molecule has 0 spiro atoms. The maximum atomic E-state index is 12.1. The topological polar surface area (TPSA) is 37.3 Å². The van der Waals surface area contributed by atoms with E-state index in [0.717, 1.165) is 0 Å². The molecule has 2 heteroatoms. The van der Waals surface area contributed by atoms with Gasteiger partial charge in [0.2, 0.25) is 0 Å². The molecule has 0 amide bonds. The van der Waals surface area contributed by atoms with Crippen LogP contribution in [0, 0.1) is 11.3 Å². The van der Waals surface area contributed by atoms with Crippen molar-refractivity contribution in [2.45, 2.75) is 33.8 Å². The van der Waals surface area contributed by atoms with Crippen molar-refractivity contribution >= 4 is 5.78 Å². The van der Waals surface area contributed by atoms with Gasteiger partial charge in [0.05, 0.1) is 6.10 Å². The first-order valence-electron chi connectivity index (χ1n) is 5.61. The van der Waals surface area contributed by atoms with E-state index in [9.17, 15) is 9.90 Å². The third kappa shape index (κ3) is 2.92. The highest BCUT2D eigenvalue weighted by Crippen LogP contribution is 2.27. The summed E-state index contributed by atoms with van der Waals surface area (Å²) in [5.41, 5.74) is 0.391. The number of aliphatic hydroxyl groups is 1. The Balaban J connectivity index is 2.84. The van der Waals surface area contributed by atoms with Gasteiger partial charge in [-0.2, -0.15) is 0 Å². The molecule has 0 aliphatic heterocycles. The smallest absolute Gasteiger partial charge is 0.168 e. The normalized spacial score (nSPS) is 15.6. The standard InChI is InChI=1S/C14H20O2/c1-10(13(16)14(2,3)4)12(15)11-8-6-5-7-9-11/h5-10,13,16H,1-4H3/t10-,13+/m1/s1. The molecule has 16 heavy (non-hydrogen) atoms. The zero-order valence-corrected chi connectivity index (χ0v) is 10.4. The summed E-state index contributed by atoms with van der Waals surface area (Å²) in [6, 6.07) is 9.12. The molecule has 0 unspecified atom stereocenters. The monoisotopic (exact) mass is 220 g/mol. The summed E-state index contributed by atoms with van der Waals surface area (Å²) in [7, 11) is 0. The summed E-state index contributed by atoms with van der Waals surface area (Å²) in [6.07, 6.45) is -0.625. The third-order valence-electron chi connectivity index (χ3n) is 2.83. The first kappa shape index (κ1) is 12.9. The Morgan fingerprint density at radius 1 is 1.19 bits per heavy atom. The largest absolute Gasteiger partial charge is 0.392 e. The summed E-state index contributed by atoms with van der Waals surface area (Å²) >= 11 is 0. The average Bonchev–Trinajstić information content (AvgIpc) is 2.26. The van der Waals surface area contributed by atoms with Gasteiger partial charge >= 0.3 is 0 Å². The molecular weight excluding hydrogens is 200 g/mol. The molecular formula is C14H20O2. The van der Waals surface area contributed by atoms with Gasteiger partial charge in [0.25, 0.3) is 0 Å². The number of carbonyl (C=O) groups is 1. The number of benzene rings is 1. The Bertz CT molecular complexity index is 349. The van der Waals surface area contributed by atoms with Crippen LogP contribution < -0.4 is 0 Å². The van der Waals surface area contributed by atoms with Crippen LogP contribution in [0.4, 0.5) is 0 Å². The molecule has 0 aromatic heterocycles. The minimum Gasteiger partial charge on any atom is -0.392 e. The second-order valence-corrected chi connectivity index (χ2v) is 5.33. The maximum Gasteiger partial charge on any atom is 0.168 e. The Labute approximate surface area is 97.3 Å². The number of Topliss-reactive ketones (excluding diaryl/α,β-unsaturated/α-hetero) is 1. The second-order valence-electron chi connectivity index (χ2n) is 5.33. The Kier molecular flexibility index (Phi) is 3.87. The van der Waals surface area contributed by atoms with Crippen molar-refractivity contribution in [1.29, 1.82) is 0 Å². The zero-order valence-electron chi connectivity index (χ0n) is 10.4. The van der Waals surface area contributed by atoms with E-state index >= 15 is 0 Å². The fourth-order valence-corrected chi connectivity index (χ4v) is 1.76. The van der Waals surface area contributed by atoms with Gasteiger partial charge in [-0.05, 0) is 5.41 Å². The van der Waals surface area contributed by atoms with E-state index in [2.05, 4.69) is 0 Å². The van der Waals surface area contributed by atoms with Crippen LogP contribution in [-0.4, -0.2) is 17.0 Å². The van der Waals surface area contributed by atoms with E-state index in [0.29, 0.717) is 5.56 Å². The van der Waals surface area contributed by atoms with Crippen LogP contribution in [0.15, 0.2) is 30.3 Å². The molecule has 1 N–H and O–H groups in total. The van der Waals surface area contributed by atoms with Gasteiger partial charge in [0.15, 0.2) is 5.78 Å². The number of carbonyl (C=O) groups excluding carboxylic acids is 1. The molecule has 2 nitrogen and oxygen atoms in total. The van der Waals surface area contributed by atoms with E-state index in [1.54, 1.807) is 19.1 Å². The highest BCUT2D eigenvalue weighted by molar-refractivity contribution is 5.97. The molecule has 88 valence electrons. The summed E-state index contributed by atoms with van der Waals surface area (Å²) in [5, 5.41) is 10.1. The highest BCUT2D eigenvalue weighted by atomic mass is 16.3. The molecule has 0 fully saturated rings. The second kappa shape index (κ2) is 4.79. The summed E-state index contributed by atoms with van der Waals surface area (Å²) < 4.78 is 0. The molecule has 1 aromatic rings. The van der Waals surface area contributed by atoms with Gasteiger partial charge in [-0.25, -0.2) is 0 Å². The predicted octanol–water partition coefficient (Wildman–Crippen LogP) is 2.91. The molecule has 0 saturated carbocycles. The molecule has 1 rings (SSSR count). The van der Waals surface area contributed by atoms with Gasteiger partial charge in [-0.1, -0.05) is 58.0 Å². The number of hydrogen-bond donors (Lipinski definition) is 1. The number of aliphatic hydroxyl groups excluding tert-OH is 1. The van der Waals surface area contributed by atoms with Crippen molar-refractivity contribution < 1.29 is 9.90 Å². The molecule has 1 aromatic carbocycles. The summed E-state index contributed by atoms with van der Waals surface area (Å²) in [5.74, 6) is -0.370. The maximum absolute atomic E-state index is 12.1. The van der Waals surface area contributed by atoms with Crippen LogP contribution in [0.3, 0.4) is 0 Å². The molecule has 2 atom stereocenters. The highest BCUT2D eigenvalue weighted by Gasteiger charge is 2.32. The lowest BCUT2D eigenvalue weighted by molar-refractivity contribution is 0.0194. The summed E-state index contributed by atoms with van der Waals surface area (Å²) in [6.45, 7) is 7.59. The van der Waals surface area contributed by atoms with Gasteiger partial charge in [-0.15, -0.1) is 0 Å². The average molecular weight is 220 g/mol. The lowest BCUT2D eigenvalue weighted by Gasteiger charge is -2.30. The van der Waals surface area contributed by atoms with Crippen molar-refractivity contribution in [2.24, 2.45) is 11.3 Å². The molecule has 0 bridgehead atoms. The quantitative estimate of drug-likeness (QED) is 0.795. The molecule has 0 radical (unpaired) electrons. The van der Waals surface area contributed by atoms with Crippen molar-refractivity contribution in [2.75, 3.05) is 0 Å². The fraction of sp³-hybridized carbons (Fsp3) is 0.500. The number of ketones is 1. The van der Waals surface area contributed by atoms with Crippen LogP contribution >= 0.6 is 0 Å². The zero-order chi connectivity index (χ0) is 12.3. The molecule has 0 aliphatic carbocycles. The van der Waals surface area contributed by atoms with Gasteiger partial charge in [-0.3, -0.25) is 4.79 Å². The lowest BCUT2D eigenvalue weighted by atomic mass is 9.79. The lowest BCUT2D eigenvalue weighted by Crippen LogP contribution is -2.36. The van der Waals surface area contributed by atoms with Gasteiger partial charge < -0.3 is 5.11 Å². The molecule has 0 aliphatic rings. The molecule has 0 heterocycles. The summed E-state index contributed by atoms with van der Waals surface area (Å²) in [4.78, 5) is 12.1. The minimum absolute atomic E-state index is 0.00280. The third-order valence-corrected chi connectivity index (χ3v) is 2.83. The van der Waals surface area contributed by atoms with E-state index in [-0.39, 0.29) is 17.1 Å². The van der Waals surface area contributed by atoms with Crippen LogP contribution in [-0.2, 0) is 0 Å². The van der Waals surface area contributed by atoms with Crippen molar-refractivity contribution in [1.82, 2.24) is 0 Å². The van der Waals surface area contributed by atoms with Crippen LogP contribution in [0.25, 0.3) is 0 Å². The van der Waals surface area contributed by atoms with E-state index in [4.69, 9.17) is 0 Å². The minimum atomic E-state index is -0.625. The Morgan fingerprint density at radius 3 is 2.12 bits per heavy atom. The van der Waals surface area contributed by atoms with Crippen molar-refractivity contribution in [3.63, 3.8) is 0 Å². The number of rotatable bonds is 3. The van der Waals surface area contributed by atoms with Gasteiger partial charge in [0, 0.05) is 11.5 Å². The van der Waals surface area contributed by atoms with Crippen molar-refractivity contribution in [3.8, 4) is 0 Å². The molecule has 0 saturated heterocycles. The van der Waals surface area contributed by atoms with Crippen LogP contribution in [0.5, 0.6) is 0 Å². The van der Waals surface area contributed by atoms with E-state index < -0.39 is 6.10 Å². The van der Waals surface area contributed by atoms with E-state index in [1.165, 1.54) is 0 Å².